The first-order valence-corrected chi connectivity index (χ1v) is 11.6. The van der Waals surface area contributed by atoms with Crippen LogP contribution in [0.3, 0.4) is 0 Å². The number of nitrogens with zero attached hydrogens (tertiary/aromatic N) is 2. The second kappa shape index (κ2) is 8.20. The molecule has 1 aliphatic carbocycles. The fourth-order valence-corrected chi connectivity index (χ4v) is 4.63. The number of nitrogens with one attached hydrogen (secondary N) is 3. The molecule has 1 aliphatic rings. The molecule has 1 fully saturated rings. The second-order valence-electron chi connectivity index (χ2n) is 7.39. The zero-order valence-electron chi connectivity index (χ0n) is 17.8. The van der Waals surface area contributed by atoms with Gasteiger partial charge in [-0.05, 0) is 31.0 Å². The van der Waals surface area contributed by atoms with Gasteiger partial charge in [0, 0.05) is 12.1 Å². The molecule has 1 saturated carbocycles. The lowest BCUT2D eigenvalue weighted by Crippen LogP contribution is -2.16. The molecule has 2 aromatic heterocycles. The molecule has 0 radical (unpaired) electrons. The van der Waals surface area contributed by atoms with Crippen molar-refractivity contribution in [1.82, 2.24) is 15.4 Å². The molecule has 0 bridgehead atoms. The van der Waals surface area contributed by atoms with Crippen LogP contribution in [0.4, 0.5) is 17.3 Å². The van der Waals surface area contributed by atoms with E-state index < -0.39 is 10.0 Å². The lowest BCUT2D eigenvalue weighted by molar-refractivity contribution is 0.290. The van der Waals surface area contributed by atoms with Gasteiger partial charge in [0.1, 0.15) is 23.1 Å². The van der Waals surface area contributed by atoms with Gasteiger partial charge in [0.2, 0.25) is 0 Å². The predicted molar refractivity (Wildman–Crippen MR) is 120 cm³/mol. The van der Waals surface area contributed by atoms with E-state index in [1.807, 2.05) is 0 Å². The smallest absolute Gasteiger partial charge is 0.270 e. The molecule has 2 aromatic carbocycles. The van der Waals surface area contributed by atoms with Crippen LogP contribution in [0.15, 0.2) is 52.0 Å². The third-order valence-electron chi connectivity index (χ3n) is 5.04. The number of hydrogen-bond donors (Lipinski definition) is 3. The maximum absolute atomic E-state index is 13.4. The number of benzene rings is 2. The fourth-order valence-electron chi connectivity index (χ4n) is 3.33. The van der Waals surface area contributed by atoms with Crippen molar-refractivity contribution < 1.29 is 27.2 Å². The zero-order valence-corrected chi connectivity index (χ0v) is 18.6. The third-order valence-corrected chi connectivity index (χ3v) is 6.44. The normalized spacial score (nSPS) is 13.6. The molecular weight excluding hydrogens is 450 g/mol. The van der Waals surface area contributed by atoms with Crippen molar-refractivity contribution in [2.75, 3.05) is 24.3 Å². The van der Waals surface area contributed by atoms with E-state index in [2.05, 4.69) is 25.4 Å². The number of rotatable bonds is 9. The SMILES string of the molecule is COc1cc2c(NS(=O)(=O)c3c(OC)cccc3OC3CC3)noc2cc1Nc1ccn[nH]1. The van der Waals surface area contributed by atoms with Crippen molar-refractivity contribution in [3.8, 4) is 17.2 Å². The highest BCUT2D eigenvalue weighted by atomic mass is 32.2. The van der Waals surface area contributed by atoms with Crippen LogP contribution in [-0.2, 0) is 10.0 Å². The maximum atomic E-state index is 13.4. The van der Waals surface area contributed by atoms with Gasteiger partial charge in [-0.3, -0.25) is 9.82 Å². The van der Waals surface area contributed by atoms with Crippen molar-refractivity contribution in [3.63, 3.8) is 0 Å². The number of methoxy groups -OCH3 is 2. The van der Waals surface area contributed by atoms with Crippen LogP contribution in [0.1, 0.15) is 12.8 Å². The van der Waals surface area contributed by atoms with Gasteiger partial charge in [0.05, 0.1) is 37.6 Å². The number of aromatic amines is 1. The van der Waals surface area contributed by atoms with Crippen LogP contribution in [0.25, 0.3) is 11.0 Å². The predicted octanol–water partition coefficient (Wildman–Crippen LogP) is 3.65. The highest BCUT2D eigenvalue weighted by Gasteiger charge is 2.31. The topological polar surface area (TPSA) is 141 Å². The largest absolute Gasteiger partial charge is 0.495 e. The highest BCUT2D eigenvalue weighted by Crippen LogP contribution is 2.40. The lowest BCUT2D eigenvalue weighted by Gasteiger charge is -2.15. The standard InChI is InChI=1S/C21H21N5O6S/c1-29-15-4-3-5-16(31-12-6-7-12)20(15)33(27,28)26-21-13-10-18(30-2)14(11-17(13)32-25-21)23-19-8-9-22-24-19/h3-5,8-12H,6-7H2,1-2H3,(H,25,26)(H2,22,23,24). The Bertz CT molecular complexity index is 1400. The first-order chi connectivity index (χ1) is 16.0. The molecule has 5 rings (SSSR count). The molecule has 172 valence electrons. The van der Waals surface area contributed by atoms with Crippen LogP contribution in [0, 0.1) is 0 Å². The summed E-state index contributed by atoms with van der Waals surface area (Å²) in [6.07, 6.45) is 3.37. The van der Waals surface area contributed by atoms with Crippen molar-refractivity contribution in [3.05, 3.63) is 42.6 Å². The van der Waals surface area contributed by atoms with Gasteiger partial charge in [-0.2, -0.15) is 5.10 Å². The number of hydrogen-bond acceptors (Lipinski definition) is 9. The van der Waals surface area contributed by atoms with Crippen LogP contribution in [0.5, 0.6) is 17.2 Å². The van der Waals surface area contributed by atoms with Gasteiger partial charge < -0.3 is 24.1 Å². The second-order valence-corrected chi connectivity index (χ2v) is 9.00. The Labute approximate surface area is 189 Å². The van der Waals surface area contributed by atoms with Gasteiger partial charge in [0.25, 0.3) is 10.0 Å². The van der Waals surface area contributed by atoms with Crippen molar-refractivity contribution >= 4 is 38.3 Å². The van der Waals surface area contributed by atoms with Gasteiger partial charge >= 0.3 is 0 Å². The summed E-state index contributed by atoms with van der Waals surface area (Å²) in [7, 11) is -1.22. The Hall–Kier alpha value is -3.93. The summed E-state index contributed by atoms with van der Waals surface area (Å²) in [5.74, 6) is 1.50. The first kappa shape index (κ1) is 20.9. The summed E-state index contributed by atoms with van der Waals surface area (Å²) >= 11 is 0. The van der Waals surface area contributed by atoms with Crippen molar-refractivity contribution in [1.29, 1.82) is 0 Å². The van der Waals surface area contributed by atoms with Crippen molar-refractivity contribution in [2.45, 2.75) is 23.8 Å². The number of fused-ring (bicyclic) bond motifs is 1. The Morgan fingerprint density at radius 1 is 1.09 bits per heavy atom. The summed E-state index contributed by atoms with van der Waals surface area (Å²) in [6.45, 7) is 0. The summed E-state index contributed by atoms with van der Waals surface area (Å²) < 4.78 is 51.2. The van der Waals surface area contributed by atoms with E-state index in [0.717, 1.165) is 12.8 Å². The summed E-state index contributed by atoms with van der Waals surface area (Å²) in [4.78, 5) is -0.0972. The van der Waals surface area contributed by atoms with E-state index >= 15 is 0 Å². The van der Waals surface area contributed by atoms with E-state index in [0.29, 0.717) is 28.2 Å². The first-order valence-electron chi connectivity index (χ1n) is 10.1. The average molecular weight is 471 g/mol. The molecule has 0 spiro atoms. The van der Waals surface area contributed by atoms with Crippen LogP contribution < -0.4 is 24.2 Å². The number of aromatic nitrogens is 3. The minimum absolute atomic E-state index is 0.00370. The summed E-state index contributed by atoms with van der Waals surface area (Å²) in [5.41, 5.74) is 0.939. The molecular formula is C21H21N5O6S. The lowest BCUT2D eigenvalue weighted by atomic mass is 10.2. The molecule has 33 heavy (non-hydrogen) atoms. The molecule has 3 N–H and O–H groups in total. The van der Waals surface area contributed by atoms with E-state index in [9.17, 15) is 8.42 Å². The molecule has 0 amide bonds. The Kier molecular flexibility index (Phi) is 5.21. The molecule has 12 heteroatoms. The van der Waals surface area contributed by atoms with Gasteiger partial charge in [-0.1, -0.05) is 11.2 Å². The molecule has 4 aromatic rings. The molecule has 11 nitrogen and oxygen atoms in total. The van der Waals surface area contributed by atoms with Gasteiger partial charge in [-0.15, -0.1) is 0 Å². The molecule has 2 heterocycles. The Morgan fingerprint density at radius 2 is 1.88 bits per heavy atom. The fraction of sp³-hybridized carbons (Fsp3) is 0.238. The molecule has 0 saturated heterocycles. The maximum Gasteiger partial charge on any atom is 0.270 e. The van der Waals surface area contributed by atoms with E-state index in [1.165, 1.54) is 14.2 Å². The number of anilines is 3. The average Bonchev–Trinajstić information content (AvgIpc) is 3.32. The Balaban J connectivity index is 1.51. The highest BCUT2D eigenvalue weighted by molar-refractivity contribution is 7.93. The molecule has 0 atom stereocenters. The van der Waals surface area contributed by atoms with Crippen molar-refractivity contribution in [2.24, 2.45) is 0 Å². The quantitative estimate of drug-likeness (QED) is 0.333. The van der Waals surface area contributed by atoms with Crippen LogP contribution in [0.2, 0.25) is 0 Å². The third kappa shape index (κ3) is 4.12. The van der Waals surface area contributed by atoms with E-state index in [4.69, 9.17) is 18.7 Å². The van der Waals surface area contributed by atoms with E-state index in [-0.39, 0.29) is 28.3 Å². The minimum atomic E-state index is -4.13. The summed E-state index contributed by atoms with van der Waals surface area (Å²) in [6, 6.07) is 9.88. The minimum Gasteiger partial charge on any atom is -0.495 e. The molecule has 0 unspecified atom stereocenters. The zero-order chi connectivity index (χ0) is 23.0. The van der Waals surface area contributed by atoms with E-state index in [1.54, 1.807) is 42.6 Å². The number of H-pyrrole nitrogens is 1. The monoisotopic (exact) mass is 471 g/mol. The van der Waals surface area contributed by atoms with Gasteiger partial charge in [0.15, 0.2) is 16.3 Å². The van der Waals surface area contributed by atoms with Crippen LogP contribution in [-0.4, -0.2) is 44.1 Å². The van der Waals surface area contributed by atoms with Crippen LogP contribution >= 0.6 is 0 Å². The number of ether oxygens (including phenoxy) is 3. The number of sulfonamides is 1. The summed E-state index contributed by atoms with van der Waals surface area (Å²) in [5, 5.41) is 14.2. The Morgan fingerprint density at radius 3 is 2.58 bits per heavy atom. The van der Waals surface area contributed by atoms with Gasteiger partial charge in [-0.25, -0.2) is 8.42 Å². The molecule has 0 aliphatic heterocycles.